The number of ether oxygens (including phenoxy) is 1. The van der Waals surface area contributed by atoms with Gasteiger partial charge in [0.25, 0.3) is 6.43 Å². The largest absolute Gasteiger partial charge is 0.481 e. The Bertz CT molecular complexity index is 492. The molecule has 0 radical (unpaired) electrons. The molecule has 0 aromatic carbocycles. The molecule has 0 spiro atoms. The average molecular weight is 262 g/mol. The van der Waals surface area contributed by atoms with Crippen LogP contribution in [0.15, 0.2) is 6.07 Å². The maximum atomic E-state index is 12.7. The molecule has 1 rings (SSSR count). The number of carbonyl (C=O) groups is 1. The first-order chi connectivity index (χ1) is 8.36. The minimum atomic E-state index is -3.20. The van der Waals surface area contributed by atoms with Crippen molar-refractivity contribution in [1.82, 2.24) is 4.98 Å². The van der Waals surface area contributed by atoms with Crippen LogP contribution in [0.3, 0.4) is 0 Å². The second-order valence-electron chi connectivity index (χ2n) is 3.19. The maximum absolute atomic E-state index is 12.7. The highest BCUT2D eigenvalue weighted by atomic mass is 19.3. The third-order valence-electron chi connectivity index (χ3n) is 2.02. The lowest BCUT2D eigenvalue weighted by Crippen LogP contribution is -2.09. The number of carboxylic acids is 1. The van der Waals surface area contributed by atoms with Crippen molar-refractivity contribution >= 4 is 11.7 Å². The van der Waals surface area contributed by atoms with E-state index in [1.165, 1.54) is 0 Å². The Morgan fingerprint density at radius 3 is 2.67 bits per heavy atom. The van der Waals surface area contributed by atoms with E-state index < -0.39 is 35.1 Å². The first-order valence-electron chi connectivity index (χ1n) is 4.59. The van der Waals surface area contributed by atoms with Gasteiger partial charge in [0.05, 0.1) is 18.5 Å². The molecule has 0 aliphatic heterocycles. The summed E-state index contributed by atoms with van der Waals surface area (Å²) in [6.07, 6.45) is -3.97. The van der Waals surface area contributed by atoms with Gasteiger partial charge in [-0.3, -0.25) is 14.9 Å². The van der Waals surface area contributed by atoms with Crippen LogP contribution in [-0.4, -0.2) is 28.1 Å². The highest BCUT2D eigenvalue weighted by Gasteiger charge is 2.29. The molecule has 0 saturated heterocycles. The van der Waals surface area contributed by atoms with Crippen LogP contribution in [0.4, 0.5) is 14.5 Å². The minimum absolute atomic E-state index is 0.299. The SMILES string of the molecule is COc1cc(CC(=O)O)c([N+](=O)[O-])c(C(F)F)n1. The fraction of sp³-hybridized carbons (Fsp3) is 0.333. The Hall–Kier alpha value is -2.32. The van der Waals surface area contributed by atoms with Gasteiger partial charge >= 0.3 is 11.7 Å². The van der Waals surface area contributed by atoms with Gasteiger partial charge in [0, 0.05) is 11.6 Å². The second-order valence-corrected chi connectivity index (χ2v) is 3.19. The van der Waals surface area contributed by atoms with Gasteiger partial charge in [0.15, 0.2) is 5.69 Å². The van der Waals surface area contributed by atoms with Crippen LogP contribution in [0, 0.1) is 10.1 Å². The second kappa shape index (κ2) is 5.34. The molecule has 1 aromatic rings. The molecule has 0 bridgehead atoms. The number of methoxy groups -OCH3 is 1. The fourth-order valence-electron chi connectivity index (χ4n) is 1.35. The molecule has 7 nitrogen and oxygen atoms in total. The van der Waals surface area contributed by atoms with E-state index in [0.29, 0.717) is 0 Å². The van der Waals surface area contributed by atoms with Gasteiger partial charge in [-0.05, 0) is 0 Å². The fourth-order valence-corrected chi connectivity index (χ4v) is 1.35. The smallest absolute Gasteiger partial charge is 0.308 e. The van der Waals surface area contributed by atoms with Gasteiger partial charge in [-0.1, -0.05) is 0 Å². The van der Waals surface area contributed by atoms with Crippen molar-refractivity contribution in [2.75, 3.05) is 7.11 Å². The molecule has 9 heteroatoms. The molecule has 0 atom stereocenters. The number of nitrogens with zero attached hydrogens (tertiary/aromatic N) is 2. The number of aromatic nitrogens is 1. The van der Waals surface area contributed by atoms with Crippen LogP contribution in [-0.2, 0) is 11.2 Å². The molecule has 0 saturated carbocycles. The lowest BCUT2D eigenvalue weighted by atomic mass is 10.1. The van der Waals surface area contributed by atoms with Crippen molar-refractivity contribution in [1.29, 1.82) is 0 Å². The van der Waals surface area contributed by atoms with E-state index in [2.05, 4.69) is 9.72 Å². The highest BCUT2D eigenvalue weighted by molar-refractivity contribution is 5.72. The number of hydrogen-bond donors (Lipinski definition) is 1. The predicted molar refractivity (Wildman–Crippen MR) is 53.7 cm³/mol. The third-order valence-corrected chi connectivity index (χ3v) is 2.02. The molecule has 0 amide bonds. The van der Waals surface area contributed by atoms with Gasteiger partial charge in [-0.25, -0.2) is 13.8 Å². The first kappa shape index (κ1) is 13.7. The maximum Gasteiger partial charge on any atom is 0.308 e. The summed E-state index contributed by atoms with van der Waals surface area (Å²) in [5, 5.41) is 19.3. The number of halogens is 2. The standard InChI is InChI=1S/C9H8F2N2O5/c1-18-5-2-4(3-6(14)15)8(13(16)17)7(12-5)9(10)11/h2,9H,3H2,1H3,(H,14,15). The summed E-state index contributed by atoms with van der Waals surface area (Å²) in [5.41, 5.74) is -2.47. The molecule has 0 aliphatic rings. The lowest BCUT2D eigenvalue weighted by molar-refractivity contribution is -0.387. The van der Waals surface area contributed by atoms with Crippen molar-refractivity contribution in [2.24, 2.45) is 0 Å². The average Bonchev–Trinajstić information content (AvgIpc) is 2.26. The topological polar surface area (TPSA) is 103 Å². The summed E-state index contributed by atoms with van der Waals surface area (Å²) in [7, 11) is 1.13. The van der Waals surface area contributed by atoms with Gasteiger partial charge in [-0.2, -0.15) is 0 Å². The van der Waals surface area contributed by atoms with Gasteiger partial charge in [-0.15, -0.1) is 0 Å². The zero-order valence-electron chi connectivity index (χ0n) is 9.09. The van der Waals surface area contributed by atoms with Crippen molar-refractivity contribution in [3.63, 3.8) is 0 Å². The Kier molecular flexibility index (Phi) is 4.08. The molecule has 98 valence electrons. The molecule has 1 N–H and O–H groups in total. The molecule has 18 heavy (non-hydrogen) atoms. The number of rotatable bonds is 5. The van der Waals surface area contributed by atoms with E-state index in [1.807, 2.05) is 0 Å². The molecular weight excluding hydrogens is 254 g/mol. The van der Waals surface area contributed by atoms with E-state index in [0.717, 1.165) is 13.2 Å². The zero-order chi connectivity index (χ0) is 13.9. The number of pyridine rings is 1. The van der Waals surface area contributed by atoms with Gasteiger partial charge in [0.1, 0.15) is 0 Å². The predicted octanol–water partition coefficient (Wildman–Crippen LogP) is 1.56. The van der Waals surface area contributed by atoms with Gasteiger partial charge in [0.2, 0.25) is 5.88 Å². The van der Waals surface area contributed by atoms with Crippen LogP contribution in [0.5, 0.6) is 5.88 Å². The van der Waals surface area contributed by atoms with E-state index in [9.17, 15) is 23.7 Å². The lowest BCUT2D eigenvalue weighted by Gasteiger charge is -2.08. The molecule has 0 fully saturated rings. The molecule has 1 aromatic heterocycles. The zero-order valence-corrected chi connectivity index (χ0v) is 9.09. The molecule has 1 heterocycles. The van der Waals surface area contributed by atoms with Gasteiger partial charge < -0.3 is 9.84 Å². The van der Waals surface area contributed by atoms with Crippen LogP contribution in [0.1, 0.15) is 17.7 Å². The number of alkyl halides is 2. The Morgan fingerprint density at radius 1 is 1.67 bits per heavy atom. The summed E-state index contributed by atoms with van der Waals surface area (Å²) in [4.78, 5) is 23.5. The van der Waals surface area contributed by atoms with Crippen molar-refractivity contribution in [2.45, 2.75) is 12.8 Å². The Labute approximate surface area is 99.2 Å². The summed E-state index contributed by atoms with van der Waals surface area (Å²) in [6, 6.07) is 0.956. The normalized spacial score (nSPS) is 10.4. The monoisotopic (exact) mass is 262 g/mol. The highest BCUT2D eigenvalue weighted by Crippen LogP contribution is 2.33. The third kappa shape index (κ3) is 2.87. The number of carboxylic acid groups (broad SMARTS) is 1. The number of aliphatic carboxylic acids is 1. The Morgan fingerprint density at radius 2 is 2.28 bits per heavy atom. The quantitative estimate of drug-likeness (QED) is 0.638. The van der Waals surface area contributed by atoms with E-state index in [1.54, 1.807) is 0 Å². The van der Waals surface area contributed by atoms with Crippen molar-refractivity contribution < 1.29 is 28.3 Å². The summed E-state index contributed by atoms with van der Waals surface area (Å²) in [6.45, 7) is 0. The first-order valence-corrected chi connectivity index (χ1v) is 4.59. The van der Waals surface area contributed by atoms with E-state index in [-0.39, 0.29) is 11.4 Å². The van der Waals surface area contributed by atoms with Crippen molar-refractivity contribution in [3.8, 4) is 5.88 Å². The van der Waals surface area contributed by atoms with E-state index in [4.69, 9.17) is 5.11 Å². The van der Waals surface area contributed by atoms with Crippen LogP contribution < -0.4 is 4.74 Å². The number of nitro groups is 1. The van der Waals surface area contributed by atoms with Crippen LogP contribution >= 0.6 is 0 Å². The number of hydrogen-bond acceptors (Lipinski definition) is 5. The summed E-state index contributed by atoms with van der Waals surface area (Å²) < 4.78 is 29.9. The van der Waals surface area contributed by atoms with Crippen LogP contribution in [0.25, 0.3) is 0 Å². The molecular formula is C9H8F2N2O5. The molecule has 0 unspecified atom stereocenters. The molecule has 0 aliphatic carbocycles. The Balaban J connectivity index is 3.49. The minimum Gasteiger partial charge on any atom is -0.481 e. The summed E-state index contributed by atoms with van der Waals surface area (Å²) >= 11 is 0. The summed E-state index contributed by atoms with van der Waals surface area (Å²) in [5.74, 6) is -1.68. The van der Waals surface area contributed by atoms with E-state index >= 15 is 0 Å². The van der Waals surface area contributed by atoms with Crippen molar-refractivity contribution in [3.05, 3.63) is 27.4 Å². The van der Waals surface area contributed by atoms with Crippen LogP contribution in [0.2, 0.25) is 0 Å².